The third kappa shape index (κ3) is 2.32. The molecule has 0 aliphatic heterocycles. The number of rotatable bonds is 2. The van der Waals surface area contributed by atoms with Gasteiger partial charge in [-0.3, -0.25) is 9.78 Å². The van der Waals surface area contributed by atoms with Gasteiger partial charge in [0.15, 0.2) is 5.82 Å². The molecule has 4 N–H and O–H groups in total. The molecule has 2 rings (SSSR count). The molecule has 0 spiro atoms. The third-order valence-electron chi connectivity index (χ3n) is 2.92. The summed E-state index contributed by atoms with van der Waals surface area (Å²) in [4.78, 5) is 24.8. The van der Waals surface area contributed by atoms with Crippen LogP contribution in [0.5, 0.6) is 0 Å². The van der Waals surface area contributed by atoms with Crippen molar-refractivity contribution >= 4 is 18.0 Å². The minimum absolute atomic E-state index is 0.0604. The van der Waals surface area contributed by atoms with E-state index in [1.807, 2.05) is 20.8 Å². The Hall–Kier alpha value is -2.37. The zero-order valence-corrected chi connectivity index (χ0v) is 10.5. The van der Waals surface area contributed by atoms with Gasteiger partial charge in [0.2, 0.25) is 5.95 Å². The van der Waals surface area contributed by atoms with Crippen molar-refractivity contribution < 1.29 is 0 Å². The highest BCUT2D eigenvalue weighted by molar-refractivity contribution is 5.82. The standard InChI is InChI=1S/C12H15N5O/c1-6-7(2)9(15-8(6)3)5-14-10-4-11(18)17-12(13)16-10/h4-5,15H,1-3H3,(H3,13,16,17,18). The van der Waals surface area contributed by atoms with E-state index < -0.39 is 0 Å². The Bertz CT molecular complexity index is 666. The van der Waals surface area contributed by atoms with Crippen LogP contribution in [-0.2, 0) is 0 Å². The molecule has 0 aromatic carbocycles. The van der Waals surface area contributed by atoms with Gasteiger partial charge in [0.1, 0.15) is 0 Å². The first-order valence-electron chi connectivity index (χ1n) is 5.54. The lowest BCUT2D eigenvalue weighted by atomic mass is 10.1. The average Bonchev–Trinajstić information content (AvgIpc) is 2.53. The first-order valence-corrected chi connectivity index (χ1v) is 5.54. The molecule has 0 amide bonds. The second-order valence-corrected chi connectivity index (χ2v) is 4.16. The van der Waals surface area contributed by atoms with Gasteiger partial charge in [-0.05, 0) is 31.9 Å². The Labute approximate surface area is 104 Å². The van der Waals surface area contributed by atoms with E-state index in [4.69, 9.17) is 5.73 Å². The Morgan fingerprint density at radius 2 is 2.00 bits per heavy atom. The van der Waals surface area contributed by atoms with Crippen LogP contribution in [0.3, 0.4) is 0 Å². The summed E-state index contributed by atoms with van der Waals surface area (Å²) in [6.07, 6.45) is 1.65. The fourth-order valence-corrected chi connectivity index (χ4v) is 1.66. The van der Waals surface area contributed by atoms with E-state index in [2.05, 4.69) is 19.9 Å². The zero-order chi connectivity index (χ0) is 13.3. The van der Waals surface area contributed by atoms with Gasteiger partial charge in [0.05, 0.1) is 11.9 Å². The summed E-state index contributed by atoms with van der Waals surface area (Å²) in [6, 6.07) is 1.30. The summed E-state index contributed by atoms with van der Waals surface area (Å²) >= 11 is 0. The molecule has 2 aromatic rings. The van der Waals surface area contributed by atoms with Crippen LogP contribution in [0.2, 0.25) is 0 Å². The number of nitrogens with two attached hydrogens (primary N) is 1. The van der Waals surface area contributed by atoms with E-state index in [1.165, 1.54) is 11.6 Å². The number of H-pyrrole nitrogens is 2. The van der Waals surface area contributed by atoms with Gasteiger partial charge in [-0.1, -0.05) is 0 Å². The summed E-state index contributed by atoms with van der Waals surface area (Å²) in [7, 11) is 0. The average molecular weight is 245 g/mol. The molecule has 0 unspecified atom stereocenters. The second-order valence-electron chi connectivity index (χ2n) is 4.16. The number of aryl methyl sites for hydroxylation is 1. The predicted octanol–water partition coefficient (Wildman–Crippen LogP) is 1.36. The topological polar surface area (TPSA) is 99.9 Å². The molecule has 18 heavy (non-hydrogen) atoms. The van der Waals surface area contributed by atoms with Crippen molar-refractivity contribution in [3.05, 3.63) is 38.9 Å². The van der Waals surface area contributed by atoms with Gasteiger partial charge in [0, 0.05) is 11.8 Å². The summed E-state index contributed by atoms with van der Waals surface area (Å²) in [6.45, 7) is 6.06. The van der Waals surface area contributed by atoms with E-state index >= 15 is 0 Å². The molecular weight excluding hydrogens is 230 g/mol. The molecule has 0 fully saturated rings. The molecule has 0 aliphatic carbocycles. The molecule has 0 radical (unpaired) electrons. The van der Waals surface area contributed by atoms with E-state index in [-0.39, 0.29) is 11.5 Å². The zero-order valence-electron chi connectivity index (χ0n) is 10.5. The largest absolute Gasteiger partial charge is 0.369 e. The summed E-state index contributed by atoms with van der Waals surface area (Å²) < 4.78 is 0. The van der Waals surface area contributed by atoms with Gasteiger partial charge in [-0.25, -0.2) is 4.99 Å². The van der Waals surface area contributed by atoms with Crippen molar-refractivity contribution in [2.24, 2.45) is 4.99 Å². The molecule has 6 nitrogen and oxygen atoms in total. The van der Waals surface area contributed by atoms with Gasteiger partial charge in [-0.2, -0.15) is 4.98 Å². The Balaban J connectivity index is 2.35. The minimum atomic E-state index is -0.315. The number of anilines is 1. The van der Waals surface area contributed by atoms with Crippen LogP contribution in [-0.4, -0.2) is 21.2 Å². The van der Waals surface area contributed by atoms with Gasteiger partial charge >= 0.3 is 0 Å². The van der Waals surface area contributed by atoms with Crippen LogP contribution in [0, 0.1) is 20.8 Å². The molecular formula is C12H15N5O. The van der Waals surface area contributed by atoms with Crippen molar-refractivity contribution in [1.29, 1.82) is 0 Å². The summed E-state index contributed by atoms with van der Waals surface area (Å²) in [5.74, 6) is 0.353. The van der Waals surface area contributed by atoms with Crippen LogP contribution < -0.4 is 11.3 Å². The van der Waals surface area contributed by atoms with Crippen molar-refractivity contribution in [2.45, 2.75) is 20.8 Å². The maximum Gasteiger partial charge on any atom is 0.254 e. The maximum absolute atomic E-state index is 11.2. The highest BCUT2D eigenvalue weighted by Gasteiger charge is 2.05. The Kier molecular flexibility index (Phi) is 3.01. The lowest BCUT2D eigenvalue weighted by Crippen LogP contribution is -2.08. The smallest absolute Gasteiger partial charge is 0.254 e. The summed E-state index contributed by atoms with van der Waals surface area (Å²) in [5.41, 5.74) is 9.47. The summed E-state index contributed by atoms with van der Waals surface area (Å²) in [5, 5.41) is 0. The van der Waals surface area contributed by atoms with Crippen LogP contribution in [0.1, 0.15) is 22.5 Å². The number of nitrogens with zero attached hydrogens (tertiary/aromatic N) is 2. The Morgan fingerprint density at radius 3 is 2.56 bits per heavy atom. The molecule has 2 aromatic heterocycles. The first kappa shape index (κ1) is 12.1. The number of hydrogen-bond acceptors (Lipinski definition) is 4. The molecule has 0 saturated carbocycles. The molecule has 0 aliphatic rings. The highest BCUT2D eigenvalue weighted by atomic mass is 16.1. The van der Waals surface area contributed by atoms with Crippen LogP contribution >= 0.6 is 0 Å². The van der Waals surface area contributed by atoms with Crippen molar-refractivity contribution in [2.75, 3.05) is 5.73 Å². The fourth-order valence-electron chi connectivity index (χ4n) is 1.66. The minimum Gasteiger partial charge on any atom is -0.369 e. The van der Waals surface area contributed by atoms with E-state index in [0.717, 1.165) is 17.0 Å². The molecule has 0 bridgehead atoms. The van der Waals surface area contributed by atoms with Crippen molar-refractivity contribution in [1.82, 2.24) is 15.0 Å². The Morgan fingerprint density at radius 1 is 1.28 bits per heavy atom. The number of nitrogen functional groups attached to an aromatic ring is 1. The maximum atomic E-state index is 11.2. The van der Waals surface area contributed by atoms with Crippen molar-refractivity contribution in [3.63, 3.8) is 0 Å². The number of aromatic nitrogens is 3. The van der Waals surface area contributed by atoms with Gasteiger partial charge in [0.25, 0.3) is 5.56 Å². The predicted molar refractivity (Wildman–Crippen MR) is 71.5 cm³/mol. The van der Waals surface area contributed by atoms with E-state index in [9.17, 15) is 4.79 Å². The monoisotopic (exact) mass is 245 g/mol. The molecule has 94 valence electrons. The second kappa shape index (κ2) is 4.48. The van der Waals surface area contributed by atoms with E-state index in [0.29, 0.717) is 5.82 Å². The highest BCUT2D eigenvalue weighted by Crippen LogP contribution is 2.15. The lowest BCUT2D eigenvalue weighted by Gasteiger charge is -1.95. The van der Waals surface area contributed by atoms with Gasteiger partial charge < -0.3 is 10.7 Å². The lowest BCUT2D eigenvalue weighted by molar-refractivity contribution is 1.12. The first-order chi connectivity index (χ1) is 8.47. The molecule has 0 atom stereocenters. The molecule has 2 heterocycles. The quantitative estimate of drug-likeness (QED) is 0.696. The third-order valence-corrected chi connectivity index (χ3v) is 2.92. The van der Waals surface area contributed by atoms with Gasteiger partial charge in [-0.15, -0.1) is 0 Å². The number of aliphatic imine (C=N–C) groups is 1. The normalized spacial score (nSPS) is 11.3. The van der Waals surface area contributed by atoms with Crippen molar-refractivity contribution in [3.8, 4) is 0 Å². The number of nitrogens with one attached hydrogen (secondary N) is 2. The van der Waals surface area contributed by atoms with Crippen LogP contribution in [0.15, 0.2) is 15.9 Å². The number of aromatic amines is 2. The van der Waals surface area contributed by atoms with Crippen LogP contribution in [0.25, 0.3) is 0 Å². The molecule has 6 heteroatoms. The molecule has 0 saturated heterocycles. The fraction of sp³-hybridized carbons (Fsp3) is 0.250. The van der Waals surface area contributed by atoms with Crippen LogP contribution in [0.4, 0.5) is 11.8 Å². The van der Waals surface area contributed by atoms with E-state index in [1.54, 1.807) is 6.21 Å². The SMILES string of the molecule is Cc1[nH]c(C=Nc2cc(=O)[nH]c(N)n2)c(C)c1C. The number of hydrogen-bond donors (Lipinski definition) is 3.